The molecule has 9 heteroatoms. The summed E-state index contributed by atoms with van der Waals surface area (Å²) in [6, 6.07) is 1.05. The predicted molar refractivity (Wildman–Crippen MR) is 135 cm³/mol. The highest BCUT2D eigenvalue weighted by molar-refractivity contribution is 9.10. The third-order valence-corrected chi connectivity index (χ3v) is 14.8. The highest BCUT2D eigenvalue weighted by Gasteiger charge is 2.48. The van der Waals surface area contributed by atoms with Crippen LogP contribution in [0.1, 0.15) is 59.8 Å². The van der Waals surface area contributed by atoms with E-state index in [2.05, 4.69) is 82.2 Å². The molecule has 0 aromatic carbocycles. The molecule has 0 amide bonds. The smallest absolute Gasteiger partial charge is 0.287 e. The SMILES string of the molecule is CC(C)[Si](OC1CCOc2c1nn(COCC[Si](C)(C)C)c(=O)c2Br)(C(C)C)C(C)C. The van der Waals surface area contributed by atoms with E-state index in [-0.39, 0.29) is 18.4 Å². The van der Waals surface area contributed by atoms with Crippen molar-refractivity contribution in [3.05, 3.63) is 20.5 Å². The van der Waals surface area contributed by atoms with E-state index < -0.39 is 16.4 Å². The fourth-order valence-corrected chi connectivity index (χ4v) is 11.5. The fraction of sp³-hybridized carbons (Fsp3) is 0.818. The van der Waals surface area contributed by atoms with Gasteiger partial charge in [-0.1, -0.05) is 61.2 Å². The van der Waals surface area contributed by atoms with E-state index in [0.717, 1.165) is 12.5 Å². The van der Waals surface area contributed by atoms with Gasteiger partial charge in [0, 0.05) is 21.1 Å². The molecule has 1 aromatic rings. The summed E-state index contributed by atoms with van der Waals surface area (Å²) in [5.74, 6) is 0.527. The molecular formula is C22H41BrN2O4Si2. The molecule has 178 valence electrons. The maximum atomic E-state index is 12.8. The summed E-state index contributed by atoms with van der Waals surface area (Å²) in [7, 11) is -3.30. The van der Waals surface area contributed by atoms with Gasteiger partial charge in [-0.2, -0.15) is 5.10 Å². The van der Waals surface area contributed by atoms with Crippen molar-refractivity contribution >= 4 is 32.3 Å². The molecule has 2 heterocycles. The van der Waals surface area contributed by atoms with Crippen LogP contribution in [0, 0.1) is 0 Å². The highest BCUT2D eigenvalue weighted by atomic mass is 79.9. The van der Waals surface area contributed by atoms with Crippen LogP contribution in [-0.4, -0.2) is 39.4 Å². The van der Waals surface area contributed by atoms with Gasteiger partial charge in [0.2, 0.25) is 8.32 Å². The zero-order valence-corrected chi connectivity index (χ0v) is 24.3. The molecule has 0 radical (unpaired) electrons. The lowest BCUT2D eigenvalue weighted by molar-refractivity contribution is 0.0668. The Bertz CT molecular complexity index is 784. The molecule has 0 bridgehead atoms. The van der Waals surface area contributed by atoms with Gasteiger partial charge in [-0.15, -0.1) is 0 Å². The lowest BCUT2D eigenvalue weighted by Crippen LogP contribution is -2.49. The van der Waals surface area contributed by atoms with Crippen LogP contribution in [0.5, 0.6) is 5.75 Å². The average molecular weight is 534 g/mol. The van der Waals surface area contributed by atoms with E-state index in [0.29, 0.717) is 45.8 Å². The third kappa shape index (κ3) is 6.10. The van der Waals surface area contributed by atoms with E-state index in [4.69, 9.17) is 13.9 Å². The molecule has 0 saturated carbocycles. The minimum atomic E-state index is -2.11. The second-order valence-corrected chi connectivity index (χ2v) is 22.6. The van der Waals surface area contributed by atoms with Crippen LogP contribution in [0.25, 0.3) is 0 Å². The first-order chi connectivity index (χ1) is 14.3. The molecule has 6 nitrogen and oxygen atoms in total. The summed E-state index contributed by atoms with van der Waals surface area (Å²) in [6.07, 6.45) is 0.565. The Morgan fingerprint density at radius 1 is 1.13 bits per heavy atom. The second kappa shape index (κ2) is 10.6. The van der Waals surface area contributed by atoms with Crippen molar-refractivity contribution in [3.8, 4) is 5.75 Å². The fourth-order valence-electron chi connectivity index (χ4n) is 4.68. The van der Waals surface area contributed by atoms with Crippen molar-refractivity contribution in [2.24, 2.45) is 0 Å². The highest BCUT2D eigenvalue weighted by Crippen LogP contribution is 2.47. The normalized spacial score (nSPS) is 17.4. The third-order valence-electron chi connectivity index (χ3n) is 6.28. The average Bonchev–Trinajstić information content (AvgIpc) is 2.65. The number of hydrogen-bond acceptors (Lipinski definition) is 5. The van der Waals surface area contributed by atoms with Gasteiger partial charge in [-0.25, -0.2) is 4.68 Å². The van der Waals surface area contributed by atoms with Crippen molar-refractivity contribution in [1.82, 2.24) is 9.78 Å². The van der Waals surface area contributed by atoms with Gasteiger partial charge in [0.05, 0.1) is 12.7 Å². The van der Waals surface area contributed by atoms with Crippen molar-refractivity contribution in [2.75, 3.05) is 13.2 Å². The molecule has 1 unspecified atom stereocenters. The lowest BCUT2D eigenvalue weighted by atomic mass is 10.1. The number of nitrogens with zero attached hydrogens (tertiary/aromatic N) is 2. The number of rotatable bonds is 10. The molecule has 1 aromatic heterocycles. The van der Waals surface area contributed by atoms with Gasteiger partial charge in [-0.3, -0.25) is 4.79 Å². The van der Waals surface area contributed by atoms with Crippen molar-refractivity contribution in [1.29, 1.82) is 0 Å². The number of aromatic nitrogens is 2. The summed E-state index contributed by atoms with van der Waals surface area (Å²) >= 11 is 3.46. The Morgan fingerprint density at radius 2 is 1.71 bits per heavy atom. The zero-order chi connectivity index (χ0) is 23.6. The molecule has 0 saturated heterocycles. The Morgan fingerprint density at radius 3 is 2.23 bits per heavy atom. The molecular weight excluding hydrogens is 492 g/mol. The van der Waals surface area contributed by atoms with Crippen LogP contribution in [-0.2, 0) is 15.9 Å². The predicted octanol–water partition coefficient (Wildman–Crippen LogP) is 6.33. The van der Waals surface area contributed by atoms with Crippen LogP contribution >= 0.6 is 15.9 Å². The quantitative estimate of drug-likeness (QED) is 0.260. The Balaban J connectivity index is 2.36. The number of halogens is 1. The Labute approximate surface area is 198 Å². The van der Waals surface area contributed by atoms with E-state index in [1.807, 2.05) is 0 Å². The lowest BCUT2D eigenvalue weighted by Gasteiger charge is -2.45. The van der Waals surface area contributed by atoms with Crippen molar-refractivity contribution in [3.63, 3.8) is 0 Å². The van der Waals surface area contributed by atoms with E-state index in [1.54, 1.807) is 0 Å². The van der Waals surface area contributed by atoms with Crippen molar-refractivity contribution in [2.45, 2.75) is 103 Å². The summed E-state index contributed by atoms with van der Waals surface area (Å²) in [4.78, 5) is 12.8. The minimum Gasteiger partial charge on any atom is -0.490 e. The molecule has 0 spiro atoms. The number of hydrogen-bond donors (Lipinski definition) is 0. The summed E-state index contributed by atoms with van der Waals surface area (Å²) in [5.41, 5.74) is 1.90. The molecule has 0 aliphatic carbocycles. The topological polar surface area (TPSA) is 62.6 Å². The summed E-state index contributed by atoms with van der Waals surface area (Å²) in [5, 5.41) is 4.68. The summed E-state index contributed by atoms with van der Waals surface area (Å²) < 4.78 is 20.5. The van der Waals surface area contributed by atoms with Gasteiger partial charge in [0.25, 0.3) is 5.56 Å². The maximum Gasteiger partial charge on any atom is 0.287 e. The van der Waals surface area contributed by atoms with Gasteiger partial charge in [0.15, 0.2) is 5.75 Å². The zero-order valence-electron chi connectivity index (χ0n) is 20.8. The van der Waals surface area contributed by atoms with E-state index in [1.165, 1.54) is 4.68 Å². The first-order valence-corrected chi connectivity index (χ1v) is 18.1. The van der Waals surface area contributed by atoms with Gasteiger partial charge < -0.3 is 13.9 Å². The Kier molecular flexibility index (Phi) is 9.18. The van der Waals surface area contributed by atoms with Gasteiger partial charge in [0.1, 0.15) is 16.9 Å². The maximum absolute atomic E-state index is 12.8. The molecule has 31 heavy (non-hydrogen) atoms. The van der Waals surface area contributed by atoms with Crippen molar-refractivity contribution < 1.29 is 13.9 Å². The van der Waals surface area contributed by atoms with Crippen LogP contribution in [0.3, 0.4) is 0 Å². The molecule has 1 aliphatic heterocycles. The van der Waals surface area contributed by atoms with Gasteiger partial charge in [-0.05, 0) is 38.6 Å². The van der Waals surface area contributed by atoms with Gasteiger partial charge >= 0.3 is 0 Å². The Hall–Kier alpha value is -0.486. The molecule has 0 fully saturated rings. The molecule has 0 N–H and O–H groups in total. The van der Waals surface area contributed by atoms with E-state index in [9.17, 15) is 4.79 Å². The van der Waals surface area contributed by atoms with Crippen LogP contribution in [0.15, 0.2) is 9.27 Å². The summed E-state index contributed by atoms with van der Waals surface area (Å²) in [6.45, 7) is 21.9. The molecule has 2 rings (SSSR count). The largest absolute Gasteiger partial charge is 0.490 e. The van der Waals surface area contributed by atoms with Crippen LogP contribution < -0.4 is 10.3 Å². The minimum absolute atomic E-state index is 0.142. The van der Waals surface area contributed by atoms with E-state index >= 15 is 0 Å². The number of ether oxygens (including phenoxy) is 2. The monoisotopic (exact) mass is 532 g/mol. The second-order valence-electron chi connectivity index (χ2n) is 10.7. The van der Waals surface area contributed by atoms with Crippen LogP contribution in [0.2, 0.25) is 42.3 Å². The first kappa shape index (κ1) is 26.8. The molecule has 1 atom stereocenters. The number of fused-ring (bicyclic) bond motifs is 1. The molecule has 1 aliphatic rings. The standard InChI is InChI=1S/C22H41BrN2O4Si2/c1-15(2)31(16(3)4,17(5)6)29-18-10-11-28-21-19(23)22(26)25(24-20(18)21)14-27-12-13-30(7,8)9/h15-18H,10-14H2,1-9H3. The van der Waals surface area contributed by atoms with Crippen LogP contribution in [0.4, 0.5) is 0 Å². The first-order valence-electron chi connectivity index (χ1n) is 11.5.